The number of nitrogens with two attached hydrogens (primary N) is 1. The highest BCUT2D eigenvalue weighted by Gasteiger charge is 2.35. The molecule has 5 nitrogen and oxygen atoms in total. The van der Waals surface area contributed by atoms with Gasteiger partial charge in [-0.15, -0.1) is 0 Å². The van der Waals surface area contributed by atoms with Crippen LogP contribution in [0, 0.1) is 18.3 Å². The lowest BCUT2D eigenvalue weighted by atomic mass is 10.00. The van der Waals surface area contributed by atoms with Gasteiger partial charge >= 0.3 is 0 Å². The molecule has 0 bridgehead atoms. The Balaban J connectivity index is 1.91. The normalized spacial score (nSPS) is 16.4. The summed E-state index contributed by atoms with van der Waals surface area (Å²) < 4.78 is 5.48. The molecule has 1 aromatic carbocycles. The van der Waals surface area contributed by atoms with E-state index in [1.807, 2.05) is 6.92 Å². The number of nitriles is 1. The average Bonchev–Trinajstić information content (AvgIpc) is 2.87. The topological polar surface area (TPSA) is 88.1 Å². The molecule has 3 N–H and O–H groups in total. The predicted octanol–water partition coefficient (Wildman–Crippen LogP) is 1.91. The fourth-order valence-electron chi connectivity index (χ4n) is 2.52. The molecule has 0 atom stereocenters. The Hall–Kier alpha value is -2.22. The Morgan fingerprint density at radius 3 is 2.80 bits per heavy atom. The van der Waals surface area contributed by atoms with Gasteiger partial charge in [0.05, 0.1) is 6.07 Å². The highest BCUT2D eigenvalue weighted by molar-refractivity contribution is 5.79. The van der Waals surface area contributed by atoms with E-state index in [1.54, 1.807) is 18.2 Å². The van der Waals surface area contributed by atoms with E-state index in [4.69, 9.17) is 10.5 Å². The minimum atomic E-state index is -0.698. The number of rotatable bonds is 4. The molecule has 106 valence electrons. The first kappa shape index (κ1) is 14.2. The standard InChI is InChI=1S/C15H19N3O2/c1-11-8-12(17)4-5-13(11)20-9-14(19)18-15(10-16)6-2-3-7-15/h4-5,8H,2-3,6-7,9,17H2,1H3,(H,18,19). The number of hydrogen-bond acceptors (Lipinski definition) is 4. The van der Waals surface area contributed by atoms with Gasteiger partial charge in [-0.05, 0) is 56.4 Å². The summed E-state index contributed by atoms with van der Waals surface area (Å²) in [4.78, 5) is 11.9. The third-order valence-corrected chi connectivity index (χ3v) is 3.61. The quantitative estimate of drug-likeness (QED) is 0.820. The zero-order valence-corrected chi connectivity index (χ0v) is 11.6. The zero-order valence-electron chi connectivity index (χ0n) is 11.6. The molecule has 0 saturated heterocycles. The summed E-state index contributed by atoms with van der Waals surface area (Å²) in [7, 11) is 0. The molecule has 0 aromatic heterocycles. The molecule has 20 heavy (non-hydrogen) atoms. The van der Waals surface area contributed by atoms with Crippen molar-refractivity contribution in [3.05, 3.63) is 23.8 Å². The molecule has 0 radical (unpaired) electrons. The van der Waals surface area contributed by atoms with Crippen molar-refractivity contribution >= 4 is 11.6 Å². The number of nitrogens with one attached hydrogen (secondary N) is 1. The second-order valence-corrected chi connectivity index (χ2v) is 5.26. The fraction of sp³-hybridized carbons (Fsp3) is 0.467. The maximum absolute atomic E-state index is 11.9. The smallest absolute Gasteiger partial charge is 0.259 e. The van der Waals surface area contributed by atoms with Crippen molar-refractivity contribution in [2.24, 2.45) is 0 Å². The van der Waals surface area contributed by atoms with Crippen molar-refractivity contribution in [1.82, 2.24) is 5.32 Å². The Bertz CT molecular complexity index is 543. The van der Waals surface area contributed by atoms with E-state index in [-0.39, 0.29) is 12.5 Å². The van der Waals surface area contributed by atoms with Crippen LogP contribution >= 0.6 is 0 Å². The third kappa shape index (κ3) is 3.21. The number of amides is 1. The summed E-state index contributed by atoms with van der Waals surface area (Å²) in [6.07, 6.45) is 3.39. The largest absolute Gasteiger partial charge is 0.484 e. The van der Waals surface area contributed by atoms with E-state index < -0.39 is 5.54 Å². The van der Waals surface area contributed by atoms with Gasteiger partial charge in [-0.3, -0.25) is 4.79 Å². The molecule has 1 saturated carbocycles. The Morgan fingerprint density at radius 1 is 1.50 bits per heavy atom. The predicted molar refractivity (Wildman–Crippen MR) is 76.0 cm³/mol. The fourth-order valence-corrected chi connectivity index (χ4v) is 2.52. The van der Waals surface area contributed by atoms with Crippen LogP contribution in [0.5, 0.6) is 5.75 Å². The van der Waals surface area contributed by atoms with Crippen molar-refractivity contribution in [3.8, 4) is 11.8 Å². The van der Waals surface area contributed by atoms with Gasteiger partial charge < -0.3 is 15.8 Å². The molecular weight excluding hydrogens is 254 g/mol. The number of nitrogens with zero attached hydrogens (tertiary/aromatic N) is 1. The number of anilines is 1. The molecule has 5 heteroatoms. The van der Waals surface area contributed by atoms with E-state index in [1.165, 1.54) is 0 Å². The van der Waals surface area contributed by atoms with E-state index >= 15 is 0 Å². The Morgan fingerprint density at radius 2 is 2.20 bits per heavy atom. The second-order valence-electron chi connectivity index (χ2n) is 5.26. The number of hydrogen-bond donors (Lipinski definition) is 2. The zero-order chi connectivity index (χ0) is 14.6. The molecule has 0 unspecified atom stereocenters. The lowest BCUT2D eigenvalue weighted by molar-refractivity contribution is -0.124. The monoisotopic (exact) mass is 273 g/mol. The van der Waals surface area contributed by atoms with Gasteiger partial charge in [0, 0.05) is 5.69 Å². The maximum Gasteiger partial charge on any atom is 0.259 e. The Kier molecular flexibility index (Phi) is 4.14. The molecule has 1 amide bonds. The highest BCUT2D eigenvalue weighted by Crippen LogP contribution is 2.28. The van der Waals surface area contributed by atoms with Crippen LogP contribution in [0.15, 0.2) is 18.2 Å². The van der Waals surface area contributed by atoms with Crippen molar-refractivity contribution in [1.29, 1.82) is 5.26 Å². The summed E-state index contributed by atoms with van der Waals surface area (Å²) in [6.45, 7) is 1.78. The van der Waals surface area contributed by atoms with Gasteiger partial charge in [0.1, 0.15) is 11.3 Å². The number of carbonyl (C=O) groups is 1. The van der Waals surface area contributed by atoms with Crippen molar-refractivity contribution in [2.75, 3.05) is 12.3 Å². The number of ether oxygens (including phenoxy) is 1. The molecule has 0 aliphatic heterocycles. The van der Waals surface area contributed by atoms with Crippen LogP contribution in [0.1, 0.15) is 31.2 Å². The lowest BCUT2D eigenvalue weighted by Crippen LogP contribution is -2.47. The van der Waals surface area contributed by atoms with Gasteiger partial charge in [-0.25, -0.2) is 0 Å². The highest BCUT2D eigenvalue weighted by atomic mass is 16.5. The lowest BCUT2D eigenvalue weighted by Gasteiger charge is -2.22. The summed E-state index contributed by atoms with van der Waals surface area (Å²) in [5.41, 5.74) is 6.50. The van der Waals surface area contributed by atoms with Crippen LogP contribution < -0.4 is 15.8 Å². The molecular formula is C15H19N3O2. The summed E-state index contributed by atoms with van der Waals surface area (Å²) in [5, 5.41) is 12.0. The van der Waals surface area contributed by atoms with Gasteiger partial charge in [-0.1, -0.05) is 0 Å². The molecule has 1 aliphatic carbocycles. The molecule has 2 rings (SSSR count). The van der Waals surface area contributed by atoms with Crippen LogP contribution in [-0.4, -0.2) is 18.1 Å². The number of carbonyl (C=O) groups excluding carboxylic acids is 1. The SMILES string of the molecule is Cc1cc(N)ccc1OCC(=O)NC1(C#N)CCCC1. The summed E-state index contributed by atoms with van der Waals surface area (Å²) >= 11 is 0. The van der Waals surface area contributed by atoms with E-state index in [0.717, 1.165) is 31.2 Å². The first-order valence-corrected chi connectivity index (χ1v) is 6.76. The van der Waals surface area contributed by atoms with E-state index in [2.05, 4.69) is 11.4 Å². The van der Waals surface area contributed by atoms with Crippen LogP contribution in [0.2, 0.25) is 0 Å². The first-order chi connectivity index (χ1) is 9.54. The Labute approximate surface area is 118 Å². The van der Waals surface area contributed by atoms with Gasteiger partial charge in [0.2, 0.25) is 0 Å². The van der Waals surface area contributed by atoms with Crippen molar-refractivity contribution < 1.29 is 9.53 Å². The molecule has 1 aromatic rings. The van der Waals surface area contributed by atoms with Crippen LogP contribution in [0.4, 0.5) is 5.69 Å². The van der Waals surface area contributed by atoms with Crippen molar-refractivity contribution in [3.63, 3.8) is 0 Å². The molecule has 0 heterocycles. The number of benzene rings is 1. The van der Waals surface area contributed by atoms with E-state index in [0.29, 0.717) is 11.4 Å². The summed E-state index contributed by atoms with van der Waals surface area (Å²) in [6, 6.07) is 7.49. The van der Waals surface area contributed by atoms with Crippen LogP contribution in [0.3, 0.4) is 0 Å². The number of nitrogen functional groups attached to an aromatic ring is 1. The van der Waals surface area contributed by atoms with Crippen molar-refractivity contribution in [2.45, 2.75) is 38.1 Å². The minimum Gasteiger partial charge on any atom is -0.484 e. The third-order valence-electron chi connectivity index (χ3n) is 3.61. The molecule has 1 aliphatic rings. The molecule has 1 fully saturated rings. The van der Waals surface area contributed by atoms with Gasteiger partial charge in [0.15, 0.2) is 6.61 Å². The summed E-state index contributed by atoms with van der Waals surface area (Å²) in [5.74, 6) is 0.372. The van der Waals surface area contributed by atoms with Gasteiger partial charge in [-0.2, -0.15) is 5.26 Å². The first-order valence-electron chi connectivity index (χ1n) is 6.76. The van der Waals surface area contributed by atoms with Crippen LogP contribution in [0.25, 0.3) is 0 Å². The maximum atomic E-state index is 11.9. The second kappa shape index (κ2) is 5.83. The van der Waals surface area contributed by atoms with Crippen LogP contribution in [-0.2, 0) is 4.79 Å². The molecule has 0 spiro atoms. The van der Waals surface area contributed by atoms with E-state index in [9.17, 15) is 10.1 Å². The van der Waals surface area contributed by atoms with Gasteiger partial charge in [0.25, 0.3) is 5.91 Å². The average molecular weight is 273 g/mol. The number of aryl methyl sites for hydroxylation is 1. The minimum absolute atomic E-state index is 0.0891.